The molecule has 0 saturated carbocycles. The van der Waals surface area contributed by atoms with Crippen LogP contribution >= 0.6 is 0 Å². The van der Waals surface area contributed by atoms with Gasteiger partial charge in [0.1, 0.15) is 6.04 Å². The van der Waals surface area contributed by atoms with E-state index in [2.05, 4.69) is 0 Å². The van der Waals surface area contributed by atoms with Crippen LogP contribution in [0.25, 0.3) is 0 Å². The van der Waals surface area contributed by atoms with Gasteiger partial charge in [0.25, 0.3) is 0 Å². The lowest BCUT2D eigenvalue weighted by atomic mass is 10.1. The Balaban J connectivity index is 2.48. The molecule has 1 aromatic rings. The predicted molar refractivity (Wildman–Crippen MR) is 72.7 cm³/mol. The first-order valence-corrected chi connectivity index (χ1v) is 7.76. The summed E-state index contributed by atoms with van der Waals surface area (Å²) in [6, 6.07) is 5.92. The van der Waals surface area contributed by atoms with E-state index < -0.39 is 22.0 Å². The van der Waals surface area contributed by atoms with Crippen molar-refractivity contribution in [1.82, 2.24) is 0 Å². The van der Waals surface area contributed by atoms with Gasteiger partial charge in [-0.05, 0) is 17.5 Å². The zero-order chi connectivity index (χ0) is 14.2. The highest BCUT2D eigenvalue weighted by Gasteiger charge is 2.41. The molecule has 2 rings (SSSR count). The fourth-order valence-electron chi connectivity index (χ4n) is 2.39. The van der Waals surface area contributed by atoms with Gasteiger partial charge in [0, 0.05) is 6.42 Å². The highest BCUT2D eigenvalue weighted by atomic mass is 32.2. The number of rotatable bonds is 4. The normalized spacial score (nSPS) is 18.7. The monoisotopic (exact) mass is 283 g/mol. The van der Waals surface area contributed by atoms with Crippen LogP contribution in [0.5, 0.6) is 0 Å². The molecule has 1 aromatic carbocycles. The van der Waals surface area contributed by atoms with Crippen LogP contribution in [0, 0.1) is 5.92 Å². The number of para-hydroxylation sites is 1. The summed E-state index contributed by atoms with van der Waals surface area (Å²) in [6.45, 7) is 3.60. The molecule has 0 fully saturated rings. The van der Waals surface area contributed by atoms with Crippen LogP contribution in [0.1, 0.15) is 19.4 Å². The number of aliphatic carboxylic acids is 1. The van der Waals surface area contributed by atoms with Crippen molar-refractivity contribution in [3.63, 3.8) is 0 Å². The summed E-state index contributed by atoms with van der Waals surface area (Å²) in [4.78, 5) is 11.3. The van der Waals surface area contributed by atoms with Gasteiger partial charge in [-0.15, -0.1) is 0 Å². The Hall–Kier alpha value is -1.56. The van der Waals surface area contributed by atoms with Gasteiger partial charge >= 0.3 is 5.97 Å². The third-order valence-corrected chi connectivity index (χ3v) is 5.19. The molecule has 1 heterocycles. The van der Waals surface area contributed by atoms with Crippen molar-refractivity contribution in [2.75, 3.05) is 10.1 Å². The summed E-state index contributed by atoms with van der Waals surface area (Å²) in [5, 5.41) is 9.25. The Labute approximate surface area is 112 Å². The highest BCUT2D eigenvalue weighted by molar-refractivity contribution is 7.92. The molecule has 19 heavy (non-hydrogen) atoms. The molecule has 0 spiro atoms. The summed E-state index contributed by atoms with van der Waals surface area (Å²) in [6.07, 6.45) is 0.225. The molecule has 1 aliphatic heterocycles. The van der Waals surface area contributed by atoms with Crippen LogP contribution in [0.2, 0.25) is 0 Å². The fourth-order valence-corrected chi connectivity index (χ4v) is 4.42. The smallest absolute Gasteiger partial charge is 0.327 e. The number of nitrogens with zero attached hydrogens (tertiary/aromatic N) is 1. The molecule has 0 saturated heterocycles. The van der Waals surface area contributed by atoms with Gasteiger partial charge in [-0.2, -0.15) is 0 Å². The highest BCUT2D eigenvalue weighted by Crippen LogP contribution is 2.35. The quantitative estimate of drug-likeness (QED) is 0.908. The van der Waals surface area contributed by atoms with Crippen LogP contribution < -0.4 is 4.31 Å². The second kappa shape index (κ2) is 4.85. The maximum Gasteiger partial charge on any atom is 0.327 e. The van der Waals surface area contributed by atoms with E-state index in [0.717, 1.165) is 9.87 Å². The van der Waals surface area contributed by atoms with Gasteiger partial charge in [-0.3, -0.25) is 4.31 Å². The molecule has 0 aliphatic carbocycles. The number of hydrogen-bond acceptors (Lipinski definition) is 3. The summed E-state index contributed by atoms with van der Waals surface area (Å²) in [5.41, 5.74) is 1.26. The van der Waals surface area contributed by atoms with Crippen LogP contribution in [-0.4, -0.2) is 31.3 Å². The number of carboxylic acids is 1. The molecule has 0 amide bonds. The predicted octanol–water partition coefficient (Wildman–Crippen LogP) is 1.49. The largest absolute Gasteiger partial charge is 0.480 e. The molecule has 1 N–H and O–H groups in total. The van der Waals surface area contributed by atoms with Crippen molar-refractivity contribution in [3.05, 3.63) is 29.8 Å². The van der Waals surface area contributed by atoms with Crippen LogP contribution in [0.4, 0.5) is 5.69 Å². The number of anilines is 1. The topological polar surface area (TPSA) is 74.7 Å². The molecule has 104 valence electrons. The second-order valence-corrected chi connectivity index (χ2v) is 7.05. The lowest BCUT2D eigenvalue weighted by Crippen LogP contribution is -2.44. The van der Waals surface area contributed by atoms with Crippen molar-refractivity contribution < 1.29 is 18.3 Å². The number of fused-ring (bicyclic) bond motifs is 1. The molecular formula is C13H17NO4S. The lowest BCUT2D eigenvalue weighted by molar-refractivity contribution is -0.138. The third kappa shape index (κ3) is 2.58. The van der Waals surface area contributed by atoms with Gasteiger partial charge in [-0.25, -0.2) is 13.2 Å². The lowest BCUT2D eigenvalue weighted by Gasteiger charge is -2.25. The van der Waals surface area contributed by atoms with Crippen LogP contribution in [0.15, 0.2) is 24.3 Å². The van der Waals surface area contributed by atoms with Gasteiger partial charge in [0.2, 0.25) is 10.0 Å². The van der Waals surface area contributed by atoms with Crippen molar-refractivity contribution >= 4 is 21.7 Å². The van der Waals surface area contributed by atoms with Crippen LogP contribution in [0.3, 0.4) is 0 Å². The Morgan fingerprint density at radius 1 is 1.42 bits per heavy atom. The average Bonchev–Trinajstić information content (AvgIpc) is 2.66. The molecule has 5 nitrogen and oxygen atoms in total. The number of benzene rings is 1. The Morgan fingerprint density at radius 3 is 2.63 bits per heavy atom. The fraction of sp³-hybridized carbons (Fsp3) is 0.462. The zero-order valence-electron chi connectivity index (χ0n) is 10.9. The Morgan fingerprint density at radius 2 is 2.05 bits per heavy atom. The molecule has 6 heteroatoms. The van der Waals surface area contributed by atoms with E-state index in [-0.39, 0.29) is 18.1 Å². The van der Waals surface area contributed by atoms with E-state index in [1.54, 1.807) is 38.1 Å². The maximum absolute atomic E-state index is 12.4. The van der Waals surface area contributed by atoms with Crippen molar-refractivity contribution in [1.29, 1.82) is 0 Å². The minimum absolute atomic E-state index is 0.0489. The third-order valence-electron chi connectivity index (χ3n) is 3.05. The van der Waals surface area contributed by atoms with E-state index in [9.17, 15) is 18.3 Å². The van der Waals surface area contributed by atoms with E-state index in [4.69, 9.17) is 0 Å². The molecule has 1 atom stereocenters. The van der Waals surface area contributed by atoms with Gasteiger partial charge in [-0.1, -0.05) is 32.0 Å². The number of carboxylic acid groups (broad SMARTS) is 1. The van der Waals surface area contributed by atoms with Gasteiger partial charge in [0.15, 0.2) is 0 Å². The Bertz CT molecular complexity index is 594. The Kier molecular flexibility index (Phi) is 3.54. The summed E-state index contributed by atoms with van der Waals surface area (Å²) < 4.78 is 25.8. The van der Waals surface area contributed by atoms with E-state index in [0.29, 0.717) is 5.69 Å². The standard InChI is InChI=1S/C13H17NO4S/c1-9(2)8-19(17,18)14-11-6-4-3-5-10(11)7-12(14)13(15)16/h3-6,9,12H,7-8H2,1-2H3,(H,15,16). The van der Waals surface area contributed by atoms with E-state index in [1.807, 2.05) is 0 Å². The molecule has 1 unspecified atom stereocenters. The van der Waals surface area contributed by atoms with E-state index in [1.165, 1.54) is 0 Å². The van der Waals surface area contributed by atoms with Crippen molar-refractivity contribution in [3.8, 4) is 0 Å². The maximum atomic E-state index is 12.4. The molecule has 1 aliphatic rings. The summed E-state index contributed by atoms with van der Waals surface area (Å²) in [5.74, 6) is -1.21. The summed E-state index contributed by atoms with van der Waals surface area (Å²) >= 11 is 0. The summed E-state index contributed by atoms with van der Waals surface area (Å²) in [7, 11) is -3.61. The molecule has 0 aromatic heterocycles. The molecule has 0 radical (unpaired) electrons. The van der Waals surface area contributed by atoms with E-state index >= 15 is 0 Å². The minimum Gasteiger partial charge on any atom is -0.480 e. The average molecular weight is 283 g/mol. The number of carbonyl (C=O) groups is 1. The molecule has 0 bridgehead atoms. The molecular weight excluding hydrogens is 266 g/mol. The van der Waals surface area contributed by atoms with Crippen molar-refractivity contribution in [2.24, 2.45) is 5.92 Å². The van der Waals surface area contributed by atoms with Gasteiger partial charge in [0.05, 0.1) is 11.4 Å². The minimum atomic E-state index is -3.61. The van der Waals surface area contributed by atoms with Crippen molar-refractivity contribution in [2.45, 2.75) is 26.3 Å². The first-order valence-electron chi connectivity index (χ1n) is 6.15. The van der Waals surface area contributed by atoms with Gasteiger partial charge < -0.3 is 5.11 Å². The first-order chi connectivity index (χ1) is 8.83. The number of hydrogen-bond donors (Lipinski definition) is 1. The first kappa shape index (κ1) is 13.9. The van der Waals surface area contributed by atoms with Crippen LogP contribution in [-0.2, 0) is 21.2 Å². The zero-order valence-corrected chi connectivity index (χ0v) is 11.7. The number of sulfonamides is 1. The second-order valence-electron chi connectivity index (χ2n) is 5.16. The SMILES string of the molecule is CC(C)CS(=O)(=O)N1c2ccccc2CC1C(=O)O.